The Balaban J connectivity index is 1.97. The molecule has 0 saturated heterocycles. The molecule has 0 amide bonds. The fourth-order valence-corrected chi connectivity index (χ4v) is 3.00. The van der Waals surface area contributed by atoms with Crippen molar-refractivity contribution in [2.45, 2.75) is 13.5 Å². The first-order valence-electron chi connectivity index (χ1n) is 7.38. The van der Waals surface area contributed by atoms with Crippen LogP contribution in [0.2, 0.25) is 0 Å². The first kappa shape index (κ1) is 12.9. The quantitative estimate of drug-likeness (QED) is 0.553. The number of aryl methyl sites for hydroxylation is 1. The summed E-state index contributed by atoms with van der Waals surface area (Å²) in [6.45, 7) is 2.59. The standard InChI is InChI=1S/C19H16N2O/c1-14-12-21-17-10-6-5-9-16(17)11-18(21)19(22)20(14)13-15-7-3-2-4-8-15/h2-12H,13H2,1H3. The van der Waals surface area contributed by atoms with Gasteiger partial charge in [0, 0.05) is 17.3 Å². The molecule has 0 aliphatic carbocycles. The molecule has 0 radical (unpaired) electrons. The molecule has 2 aromatic heterocycles. The Hall–Kier alpha value is -2.81. The maximum Gasteiger partial charge on any atom is 0.275 e. The van der Waals surface area contributed by atoms with Crippen LogP contribution in [0.1, 0.15) is 11.3 Å². The highest BCUT2D eigenvalue weighted by Crippen LogP contribution is 2.18. The zero-order valence-electron chi connectivity index (χ0n) is 12.4. The lowest BCUT2D eigenvalue weighted by Crippen LogP contribution is -2.24. The molecule has 0 N–H and O–H groups in total. The summed E-state index contributed by atoms with van der Waals surface area (Å²) in [7, 11) is 0. The molecule has 2 aromatic carbocycles. The van der Waals surface area contributed by atoms with E-state index < -0.39 is 0 Å². The van der Waals surface area contributed by atoms with Crippen LogP contribution in [0.3, 0.4) is 0 Å². The fraction of sp³-hybridized carbons (Fsp3) is 0.105. The smallest absolute Gasteiger partial charge is 0.275 e. The van der Waals surface area contributed by atoms with Crippen LogP contribution < -0.4 is 5.56 Å². The van der Waals surface area contributed by atoms with Crippen LogP contribution in [-0.4, -0.2) is 8.97 Å². The van der Waals surface area contributed by atoms with Crippen molar-refractivity contribution in [3.05, 3.63) is 88.5 Å². The summed E-state index contributed by atoms with van der Waals surface area (Å²) in [5.41, 5.74) is 3.95. The molecule has 2 heterocycles. The number of rotatable bonds is 2. The van der Waals surface area contributed by atoms with Gasteiger partial charge >= 0.3 is 0 Å². The van der Waals surface area contributed by atoms with E-state index in [-0.39, 0.29) is 5.56 Å². The van der Waals surface area contributed by atoms with Crippen molar-refractivity contribution >= 4 is 16.4 Å². The number of para-hydroxylation sites is 1. The van der Waals surface area contributed by atoms with Gasteiger partial charge in [-0.1, -0.05) is 48.5 Å². The topological polar surface area (TPSA) is 26.4 Å². The van der Waals surface area contributed by atoms with E-state index in [2.05, 4.69) is 0 Å². The van der Waals surface area contributed by atoms with Crippen LogP contribution in [0.4, 0.5) is 0 Å². The Morgan fingerprint density at radius 2 is 1.64 bits per heavy atom. The molecule has 0 spiro atoms. The molecule has 0 aliphatic heterocycles. The zero-order chi connectivity index (χ0) is 15.1. The van der Waals surface area contributed by atoms with Crippen molar-refractivity contribution in [2.75, 3.05) is 0 Å². The molecule has 22 heavy (non-hydrogen) atoms. The molecule has 3 nitrogen and oxygen atoms in total. The lowest BCUT2D eigenvalue weighted by atomic mass is 10.2. The lowest BCUT2D eigenvalue weighted by Gasteiger charge is -2.11. The van der Waals surface area contributed by atoms with Crippen LogP contribution in [-0.2, 0) is 6.54 Å². The van der Waals surface area contributed by atoms with Gasteiger partial charge in [0.05, 0.1) is 12.1 Å². The van der Waals surface area contributed by atoms with Gasteiger partial charge in [0.25, 0.3) is 5.56 Å². The minimum Gasteiger partial charge on any atom is -0.310 e. The van der Waals surface area contributed by atoms with Crippen molar-refractivity contribution in [1.82, 2.24) is 8.97 Å². The predicted octanol–water partition coefficient (Wildman–Crippen LogP) is 3.61. The number of hydrogen-bond acceptors (Lipinski definition) is 1. The number of hydrogen-bond donors (Lipinski definition) is 0. The normalized spacial score (nSPS) is 11.3. The van der Waals surface area contributed by atoms with Crippen LogP contribution >= 0.6 is 0 Å². The van der Waals surface area contributed by atoms with E-state index in [0.717, 1.165) is 27.7 Å². The van der Waals surface area contributed by atoms with Gasteiger partial charge in [-0.05, 0) is 24.6 Å². The van der Waals surface area contributed by atoms with Gasteiger partial charge in [-0.15, -0.1) is 0 Å². The number of benzene rings is 2. The summed E-state index contributed by atoms with van der Waals surface area (Å²) in [4.78, 5) is 12.9. The van der Waals surface area contributed by atoms with Crippen molar-refractivity contribution in [3.8, 4) is 0 Å². The lowest BCUT2D eigenvalue weighted by molar-refractivity contribution is 0.724. The number of fused-ring (bicyclic) bond motifs is 3. The highest BCUT2D eigenvalue weighted by molar-refractivity contribution is 5.86. The van der Waals surface area contributed by atoms with Gasteiger partial charge in [-0.25, -0.2) is 0 Å². The van der Waals surface area contributed by atoms with Crippen LogP contribution in [0, 0.1) is 6.92 Å². The van der Waals surface area contributed by atoms with Gasteiger partial charge in [-0.3, -0.25) is 4.79 Å². The van der Waals surface area contributed by atoms with Crippen molar-refractivity contribution in [3.63, 3.8) is 0 Å². The van der Waals surface area contributed by atoms with Crippen LogP contribution in [0.25, 0.3) is 16.4 Å². The summed E-state index contributed by atoms with van der Waals surface area (Å²) in [6.07, 6.45) is 2.04. The summed E-state index contributed by atoms with van der Waals surface area (Å²) in [5, 5.41) is 1.09. The van der Waals surface area contributed by atoms with Gasteiger partial charge in [0.15, 0.2) is 0 Å². The molecule has 0 unspecified atom stereocenters. The summed E-state index contributed by atoms with van der Waals surface area (Å²) in [6, 6.07) is 20.1. The third kappa shape index (κ3) is 1.94. The minimum atomic E-state index is 0.0556. The Labute approximate surface area is 128 Å². The molecule has 3 heteroatoms. The van der Waals surface area contributed by atoms with E-state index >= 15 is 0 Å². The van der Waals surface area contributed by atoms with E-state index in [9.17, 15) is 4.79 Å². The van der Waals surface area contributed by atoms with Gasteiger partial charge in [0.2, 0.25) is 0 Å². The van der Waals surface area contributed by atoms with Gasteiger partial charge in [0.1, 0.15) is 5.52 Å². The first-order valence-corrected chi connectivity index (χ1v) is 7.38. The Morgan fingerprint density at radius 3 is 2.45 bits per heavy atom. The maximum atomic E-state index is 12.9. The monoisotopic (exact) mass is 288 g/mol. The van der Waals surface area contributed by atoms with Gasteiger partial charge < -0.3 is 8.97 Å². The van der Waals surface area contributed by atoms with E-state index in [1.807, 2.05) is 82.8 Å². The molecule has 108 valence electrons. The SMILES string of the molecule is Cc1cn2c(cc3ccccc32)c(=O)n1Cc1ccccc1. The van der Waals surface area contributed by atoms with Crippen molar-refractivity contribution < 1.29 is 0 Å². The maximum absolute atomic E-state index is 12.9. The Bertz CT molecular complexity index is 1030. The molecule has 0 bridgehead atoms. The number of nitrogens with zero attached hydrogens (tertiary/aromatic N) is 2. The highest BCUT2D eigenvalue weighted by Gasteiger charge is 2.10. The largest absolute Gasteiger partial charge is 0.310 e. The van der Waals surface area contributed by atoms with Crippen molar-refractivity contribution in [1.29, 1.82) is 0 Å². The zero-order valence-corrected chi connectivity index (χ0v) is 12.4. The molecule has 0 aliphatic rings. The molecule has 0 atom stereocenters. The third-order valence-electron chi connectivity index (χ3n) is 4.14. The summed E-state index contributed by atoms with van der Waals surface area (Å²) < 4.78 is 3.83. The highest BCUT2D eigenvalue weighted by atomic mass is 16.1. The molecular formula is C19H16N2O. The third-order valence-corrected chi connectivity index (χ3v) is 4.14. The second-order valence-electron chi connectivity index (χ2n) is 5.61. The van der Waals surface area contributed by atoms with Gasteiger partial charge in [-0.2, -0.15) is 0 Å². The van der Waals surface area contributed by atoms with E-state index in [4.69, 9.17) is 0 Å². The second-order valence-corrected chi connectivity index (χ2v) is 5.61. The molecule has 4 aromatic rings. The van der Waals surface area contributed by atoms with Crippen molar-refractivity contribution in [2.24, 2.45) is 0 Å². The minimum absolute atomic E-state index is 0.0556. The van der Waals surface area contributed by atoms with E-state index in [1.165, 1.54) is 0 Å². The van der Waals surface area contributed by atoms with Crippen LogP contribution in [0.15, 0.2) is 71.7 Å². The Morgan fingerprint density at radius 1 is 0.909 bits per heavy atom. The average molecular weight is 288 g/mol. The number of aromatic nitrogens is 2. The second kappa shape index (κ2) is 4.88. The molecular weight excluding hydrogens is 272 g/mol. The summed E-state index contributed by atoms with van der Waals surface area (Å²) in [5.74, 6) is 0. The predicted molar refractivity (Wildman–Crippen MR) is 89.4 cm³/mol. The fourth-order valence-electron chi connectivity index (χ4n) is 3.00. The summed E-state index contributed by atoms with van der Waals surface area (Å²) >= 11 is 0. The average Bonchev–Trinajstić information content (AvgIpc) is 2.91. The Kier molecular flexibility index (Phi) is 2.86. The molecule has 0 fully saturated rings. The van der Waals surface area contributed by atoms with E-state index in [1.54, 1.807) is 0 Å². The first-order chi connectivity index (χ1) is 10.7. The van der Waals surface area contributed by atoms with Crippen LogP contribution in [0.5, 0.6) is 0 Å². The molecule has 4 rings (SSSR count). The van der Waals surface area contributed by atoms with E-state index in [0.29, 0.717) is 6.54 Å². The molecule has 0 saturated carbocycles.